The molecule has 0 unspecified atom stereocenters. The molecule has 0 atom stereocenters. The summed E-state index contributed by atoms with van der Waals surface area (Å²) in [4.78, 5) is 19.2. The average molecular weight is 320 g/mol. The van der Waals surface area contributed by atoms with E-state index in [1.807, 2.05) is 35.7 Å². The molecule has 3 aromatic rings. The fourth-order valence-corrected chi connectivity index (χ4v) is 3.36. The normalized spacial score (nSPS) is 13.3. The van der Waals surface area contributed by atoms with Gasteiger partial charge in [-0.15, -0.1) is 0 Å². The first-order chi connectivity index (χ1) is 11.7. The van der Waals surface area contributed by atoms with Crippen LogP contribution in [0.15, 0.2) is 48.7 Å². The molecule has 5 nitrogen and oxygen atoms in total. The zero-order valence-corrected chi connectivity index (χ0v) is 13.7. The standard InChI is InChI=1S/C19H20N4O/c1-14-18(21-17-8-4-5-11-23(14)17)19(24)20-10-13-22-12-9-15-6-2-3-7-16(15)22/h2-8,11H,9-10,12-13H2,1H3,(H,20,24). The number of amides is 1. The first-order valence-corrected chi connectivity index (χ1v) is 8.29. The number of imidazole rings is 1. The van der Waals surface area contributed by atoms with Crippen LogP contribution in [0.5, 0.6) is 0 Å². The van der Waals surface area contributed by atoms with E-state index in [0.717, 1.165) is 30.9 Å². The minimum absolute atomic E-state index is 0.108. The number of benzene rings is 1. The Labute approximate surface area is 140 Å². The summed E-state index contributed by atoms with van der Waals surface area (Å²) >= 11 is 0. The molecule has 2 aromatic heterocycles. The third kappa shape index (κ3) is 2.52. The summed E-state index contributed by atoms with van der Waals surface area (Å²) in [7, 11) is 0. The minimum atomic E-state index is -0.108. The van der Waals surface area contributed by atoms with Crippen molar-refractivity contribution in [3.8, 4) is 0 Å². The minimum Gasteiger partial charge on any atom is -0.369 e. The van der Waals surface area contributed by atoms with Crippen molar-refractivity contribution in [3.05, 3.63) is 65.6 Å². The number of aryl methyl sites for hydroxylation is 1. The van der Waals surface area contributed by atoms with Gasteiger partial charge in [0.1, 0.15) is 11.3 Å². The SMILES string of the molecule is Cc1c(C(=O)NCCN2CCc3ccccc32)nc2ccccn12. The lowest BCUT2D eigenvalue weighted by molar-refractivity contribution is 0.0949. The van der Waals surface area contributed by atoms with E-state index in [1.54, 1.807) is 0 Å². The molecule has 0 fully saturated rings. The van der Waals surface area contributed by atoms with Crippen LogP contribution in [0.25, 0.3) is 5.65 Å². The van der Waals surface area contributed by atoms with Crippen molar-refractivity contribution < 1.29 is 4.79 Å². The number of aromatic nitrogens is 2. The van der Waals surface area contributed by atoms with E-state index >= 15 is 0 Å². The van der Waals surface area contributed by atoms with Gasteiger partial charge in [0.25, 0.3) is 5.91 Å². The number of para-hydroxylation sites is 1. The Bertz CT molecular complexity index is 899. The molecule has 1 aliphatic heterocycles. The second-order valence-electron chi connectivity index (χ2n) is 6.10. The van der Waals surface area contributed by atoms with Gasteiger partial charge in [-0.2, -0.15) is 0 Å². The molecule has 5 heteroatoms. The number of carbonyl (C=O) groups excluding carboxylic acids is 1. The zero-order chi connectivity index (χ0) is 16.5. The first-order valence-electron chi connectivity index (χ1n) is 8.29. The van der Waals surface area contributed by atoms with E-state index in [-0.39, 0.29) is 5.91 Å². The van der Waals surface area contributed by atoms with Crippen molar-refractivity contribution in [2.24, 2.45) is 0 Å². The summed E-state index contributed by atoms with van der Waals surface area (Å²) in [6, 6.07) is 14.2. The molecular weight excluding hydrogens is 300 g/mol. The molecule has 122 valence electrons. The number of hydrogen-bond donors (Lipinski definition) is 1. The predicted octanol–water partition coefficient (Wildman–Crippen LogP) is 2.44. The van der Waals surface area contributed by atoms with E-state index in [0.29, 0.717) is 12.2 Å². The summed E-state index contributed by atoms with van der Waals surface area (Å²) < 4.78 is 1.94. The number of nitrogens with one attached hydrogen (secondary N) is 1. The topological polar surface area (TPSA) is 49.6 Å². The highest BCUT2D eigenvalue weighted by Gasteiger charge is 2.19. The Balaban J connectivity index is 1.41. The van der Waals surface area contributed by atoms with E-state index in [2.05, 4.69) is 39.5 Å². The molecule has 4 rings (SSSR count). The summed E-state index contributed by atoms with van der Waals surface area (Å²) in [6.07, 6.45) is 3.01. The lowest BCUT2D eigenvalue weighted by Gasteiger charge is -2.19. The van der Waals surface area contributed by atoms with E-state index in [1.165, 1.54) is 11.3 Å². The van der Waals surface area contributed by atoms with Gasteiger partial charge in [0.05, 0.1) is 5.69 Å². The molecule has 0 bridgehead atoms. The molecule has 0 aliphatic carbocycles. The second-order valence-corrected chi connectivity index (χ2v) is 6.10. The maximum atomic E-state index is 12.4. The van der Waals surface area contributed by atoms with Crippen molar-refractivity contribution in [3.63, 3.8) is 0 Å². The van der Waals surface area contributed by atoms with Crippen LogP contribution >= 0.6 is 0 Å². The number of hydrogen-bond acceptors (Lipinski definition) is 3. The largest absolute Gasteiger partial charge is 0.369 e. The smallest absolute Gasteiger partial charge is 0.271 e. The number of nitrogens with zero attached hydrogens (tertiary/aromatic N) is 3. The van der Waals surface area contributed by atoms with E-state index in [9.17, 15) is 4.79 Å². The zero-order valence-electron chi connectivity index (χ0n) is 13.7. The van der Waals surface area contributed by atoms with Gasteiger partial charge in [-0.3, -0.25) is 4.79 Å². The van der Waals surface area contributed by atoms with Crippen LogP contribution in [0.1, 0.15) is 21.7 Å². The molecule has 0 spiro atoms. The number of carbonyl (C=O) groups is 1. The monoisotopic (exact) mass is 320 g/mol. The predicted molar refractivity (Wildman–Crippen MR) is 94.6 cm³/mol. The average Bonchev–Trinajstić information content (AvgIpc) is 3.17. The number of anilines is 1. The van der Waals surface area contributed by atoms with Gasteiger partial charge in [0.15, 0.2) is 0 Å². The van der Waals surface area contributed by atoms with Crippen LogP contribution < -0.4 is 10.2 Å². The van der Waals surface area contributed by atoms with Crippen LogP contribution in [0.3, 0.4) is 0 Å². The molecule has 3 heterocycles. The van der Waals surface area contributed by atoms with Gasteiger partial charge in [0.2, 0.25) is 0 Å². The van der Waals surface area contributed by atoms with Gasteiger partial charge in [-0.05, 0) is 37.1 Å². The van der Waals surface area contributed by atoms with Crippen LogP contribution in [-0.4, -0.2) is 34.9 Å². The highest BCUT2D eigenvalue weighted by Crippen LogP contribution is 2.26. The van der Waals surface area contributed by atoms with Crippen molar-refractivity contribution >= 4 is 17.2 Å². The number of pyridine rings is 1. The van der Waals surface area contributed by atoms with Crippen LogP contribution in [0, 0.1) is 6.92 Å². The van der Waals surface area contributed by atoms with E-state index in [4.69, 9.17) is 0 Å². The van der Waals surface area contributed by atoms with Gasteiger partial charge in [-0.25, -0.2) is 4.98 Å². The number of rotatable bonds is 4. The molecule has 0 radical (unpaired) electrons. The molecule has 1 aliphatic rings. The number of fused-ring (bicyclic) bond motifs is 2. The molecule has 24 heavy (non-hydrogen) atoms. The summed E-state index contributed by atoms with van der Waals surface area (Å²) in [5.41, 5.74) is 4.85. The lowest BCUT2D eigenvalue weighted by Crippen LogP contribution is -2.34. The molecule has 1 amide bonds. The Morgan fingerprint density at radius 3 is 2.92 bits per heavy atom. The lowest BCUT2D eigenvalue weighted by atomic mass is 10.2. The Kier molecular flexibility index (Phi) is 3.69. The summed E-state index contributed by atoms with van der Waals surface area (Å²) in [5, 5.41) is 3.00. The van der Waals surface area contributed by atoms with Crippen LogP contribution in [0.4, 0.5) is 5.69 Å². The molecular formula is C19H20N4O. The molecule has 0 saturated carbocycles. The summed E-state index contributed by atoms with van der Waals surface area (Å²) in [6.45, 7) is 4.36. The highest BCUT2D eigenvalue weighted by atomic mass is 16.1. The maximum Gasteiger partial charge on any atom is 0.271 e. The van der Waals surface area contributed by atoms with Gasteiger partial charge in [0, 0.05) is 31.5 Å². The van der Waals surface area contributed by atoms with Crippen molar-refractivity contribution in [2.45, 2.75) is 13.3 Å². The Hall–Kier alpha value is -2.82. The Morgan fingerprint density at radius 2 is 2.04 bits per heavy atom. The summed E-state index contributed by atoms with van der Waals surface area (Å²) in [5.74, 6) is -0.108. The van der Waals surface area contributed by atoms with Gasteiger partial charge < -0.3 is 14.6 Å². The van der Waals surface area contributed by atoms with Crippen molar-refractivity contribution in [2.75, 3.05) is 24.5 Å². The quantitative estimate of drug-likeness (QED) is 0.803. The van der Waals surface area contributed by atoms with Crippen LogP contribution in [-0.2, 0) is 6.42 Å². The molecule has 0 saturated heterocycles. The van der Waals surface area contributed by atoms with Crippen molar-refractivity contribution in [1.82, 2.24) is 14.7 Å². The first kappa shape index (κ1) is 14.8. The van der Waals surface area contributed by atoms with E-state index < -0.39 is 0 Å². The third-order valence-electron chi connectivity index (χ3n) is 4.63. The van der Waals surface area contributed by atoms with Gasteiger partial charge in [-0.1, -0.05) is 24.3 Å². The van der Waals surface area contributed by atoms with Gasteiger partial charge >= 0.3 is 0 Å². The molecule has 1 aromatic carbocycles. The fourth-order valence-electron chi connectivity index (χ4n) is 3.36. The Morgan fingerprint density at radius 1 is 1.21 bits per heavy atom. The second kappa shape index (κ2) is 6.00. The van der Waals surface area contributed by atoms with Crippen LogP contribution in [0.2, 0.25) is 0 Å². The fraction of sp³-hybridized carbons (Fsp3) is 0.263. The van der Waals surface area contributed by atoms with Crippen molar-refractivity contribution in [1.29, 1.82) is 0 Å². The highest BCUT2D eigenvalue weighted by molar-refractivity contribution is 5.94. The molecule has 1 N–H and O–H groups in total. The third-order valence-corrected chi connectivity index (χ3v) is 4.63. The maximum absolute atomic E-state index is 12.4.